The standard InChI is InChI=1S/C28H32N2OS/c1-22-19-24(21-32-26-9-5-4-6-10-26)13-16-27(22)29-28(31)25-14-11-23(12-15-25)20-30-17-7-2-3-8-18-30/h4-6,9-16,19H,2-3,7-8,17-18,20-21H2,1H3,(H,29,31). The summed E-state index contributed by atoms with van der Waals surface area (Å²) in [6.07, 6.45) is 5.29. The van der Waals surface area contributed by atoms with Gasteiger partial charge in [-0.2, -0.15) is 0 Å². The number of anilines is 1. The largest absolute Gasteiger partial charge is 0.322 e. The maximum absolute atomic E-state index is 12.8. The SMILES string of the molecule is Cc1cc(CSc2ccccc2)ccc1NC(=O)c1ccc(CN2CCCCCC2)cc1. The van der Waals surface area contributed by atoms with Gasteiger partial charge < -0.3 is 5.32 Å². The highest BCUT2D eigenvalue weighted by atomic mass is 32.2. The van der Waals surface area contributed by atoms with Crippen LogP contribution in [-0.4, -0.2) is 23.9 Å². The highest BCUT2D eigenvalue weighted by Gasteiger charge is 2.11. The zero-order chi connectivity index (χ0) is 22.2. The van der Waals surface area contributed by atoms with E-state index in [-0.39, 0.29) is 5.91 Å². The van der Waals surface area contributed by atoms with Crippen LogP contribution in [0.5, 0.6) is 0 Å². The van der Waals surface area contributed by atoms with Crippen molar-refractivity contribution in [1.29, 1.82) is 0 Å². The van der Waals surface area contributed by atoms with Gasteiger partial charge in [0, 0.05) is 28.4 Å². The van der Waals surface area contributed by atoms with Crippen LogP contribution in [0.15, 0.2) is 77.7 Å². The molecular formula is C28H32N2OS. The number of carbonyl (C=O) groups excluding carboxylic acids is 1. The van der Waals surface area contributed by atoms with Crippen LogP contribution in [0.4, 0.5) is 5.69 Å². The lowest BCUT2D eigenvalue weighted by Gasteiger charge is -2.19. The Kier molecular flexibility index (Phi) is 8.02. The lowest BCUT2D eigenvalue weighted by molar-refractivity contribution is 0.102. The molecule has 32 heavy (non-hydrogen) atoms. The van der Waals surface area contributed by atoms with Gasteiger partial charge in [-0.05, 0) is 79.9 Å². The molecule has 4 rings (SSSR count). The normalized spacial score (nSPS) is 14.7. The van der Waals surface area contributed by atoms with Crippen LogP contribution in [0.3, 0.4) is 0 Å². The molecule has 1 aliphatic rings. The lowest BCUT2D eigenvalue weighted by Crippen LogP contribution is -2.24. The summed E-state index contributed by atoms with van der Waals surface area (Å²) in [6, 6.07) is 24.8. The zero-order valence-corrected chi connectivity index (χ0v) is 19.7. The number of nitrogens with one attached hydrogen (secondary N) is 1. The number of hydrogen-bond donors (Lipinski definition) is 1. The molecule has 3 nitrogen and oxygen atoms in total. The van der Waals surface area contributed by atoms with Gasteiger partial charge in [-0.15, -0.1) is 11.8 Å². The molecule has 3 aromatic carbocycles. The summed E-state index contributed by atoms with van der Waals surface area (Å²) < 4.78 is 0. The second-order valence-electron chi connectivity index (χ2n) is 8.59. The van der Waals surface area contributed by atoms with Crippen LogP contribution in [0.1, 0.15) is 52.7 Å². The third kappa shape index (κ3) is 6.47. The van der Waals surface area contributed by atoms with Crippen molar-refractivity contribution in [2.45, 2.75) is 49.8 Å². The molecule has 0 aromatic heterocycles. The Bertz CT molecular complexity index is 1010. The fourth-order valence-electron chi connectivity index (χ4n) is 4.15. The summed E-state index contributed by atoms with van der Waals surface area (Å²) >= 11 is 1.82. The van der Waals surface area contributed by atoms with Gasteiger partial charge in [-0.1, -0.05) is 55.3 Å². The van der Waals surface area contributed by atoms with Crippen LogP contribution in [-0.2, 0) is 12.3 Å². The molecule has 1 aliphatic heterocycles. The third-order valence-corrected chi connectivity index (χ3v) is 7.09. The van der Waals surface area contributed by atoms with Crippen LogP contribution in [0.2, 0.25) is 0 Å². The Morgan fingerprint density at radius 3 is 2.25 bits per heavy atom. The van der Waals surface area contributed by atoms with E-state index in [1.165, 1.54) is 54.8 Å². The number of nitrogens with zero attached hydrogens (tertiary/aromatic N) is 1. The molecule has 1 fully saturated rings. The first-order chi connectivity index (χ1) is 15.7. The number of hydrogen-bond acceptors (Lipinski definition) is 3. The molecular weight excluding hydrogens is 412 g/mol. The molecule has 0 radical (unpaired) electrons. The molecule has 0 atom stereocenters. The van der Waals surface area contributed by atoms with E-state index in [2.05, 4.69) is 65.7 Å². The average molecular weight is 445 g/mol. The summed E-state index contributed by atoms with van der Waals surface area (Å²) in [5.41, 5.74) is 5.19. The van der Waals surface area contributed by atoms with Crippen LogP contribution < -0.4 is 5.32 Å². The molecule has 4 heteroatoms. The predicted molar refractivity (Wildman–Crippen MR) is 135 cm³/mol. The molecule has 1 N–H and O–H groups in total. The van der Waals surface area contributed by atoms with Crippen molar-refractivity contribution >= 4 is 23.4 Å². The van der Waals surface area contributed by atoms with Gasteiger partial charge >= 0.3 is 0 Å². The second kappa shape index (κ2) is 11.3. The minimum absolute atomic E-state index is 0.0548. The molecule has 0 saturated carbocycles. The van der Waals surface area contributed by atoms with Crippen molar-refractivity contribution < 1.29 is 4.79 Å². The molecule has 1 amide bonds. The summed E-state index contributed by atoms with van der Waals surface area (Å²) in [5, 5.41) is 3.08. The number of amides is 1. The zero-order valence-electron chi connectivity index (χ0n) is 18.8. The minimum Gasteiger partial charge on any atom is -0.322 e. The van der Waals surface area contributed by atoms with E-state index in [0.717, 1.165) is 23.5 Å². The first-order valence-corrected chi connectivity index (χ1v) is 12.6. The van der Waals surface area contributed by atoms with Gasteiger partial charge in [-0.3, -0.25) is 9.69 Å². The second-order valence-corrected chi connectivity index (χ2v) is 9.64. The van der Waals surface area contributed by atoms with Crippen molar-refractivity contribution in [2.75, 3.05) is 18.4 Å². The lowest BCUT2D eigenvalue weighted by atomic mass is 10.1. The Balaban J connectivity index is 1.32. The van der Waals surface area contributed by atoms with E-state index in [1.54, 1.807) is 0 Å². The predicted octanol–water partition coefficient (Wildman–Crippen LogP) is 6.92. The summed E-state index contributed by atoms with van der Waals surface area (Å²) in [5.74, 6) is 0.859. The number of aryl methyl sites for hydroxylation is 1. The van der Waals surface area contributed by atoms with Crippen LogP contribution >= 0.6 is 11.8 Å². The van der Waals surface area contributed by atoms with Gasteiger partial charge in [0.25, 0.3) is 5.91 Å². The maximum Gasteiger partial charge on any atom is 0.255 e. The van der Waals surface area contributed by atoms with E-state index >= 15 is 0 Å². The van der Waals surface area contributed by atoms with Crippen LogP contribution in [0, 0.1) is 6.92 Å². The highest BCUT2D eigenvalue weighted by Crippen LogP contribution is 2.25. The van der Waals surface area contributed by atoms with E-state index in [4.69, 9.17) is 0 Å². The molecule has 0 spiro atoms. The smallest absolute Gasteiger partial charge is 0.255 e. The van der Waals surface area contributed by atoms with Gasteiger partial charge in [0.2, 0.25) is 0 Å². The molecule has 0 bridgehead atoms. The van der Waals surface area contributed by atoms with E-state index in [9.17, 15) is 4.79 Å². The summed E-state index contributed by atoms with van der Waals surface area (Å²) in [4.78, 5) is 16.6. The Morgan fingerprint density at radius 2 is 1.56 bits per heavy atom. The van der Waals surface area contributed by atoms with E-state index in [1.807, 2.05) is 36.0 Å². The van der Waals surface area contributed by atoms with Gasteiger partial charge in [0.15, 0.2) is 0 Å². The van der Waals surface area contributed by atoms with E-state index in [0.29, 0.717) is 5.56 Å². The maximum atomic E-state index is 12.8. The number of rotatable bonds is 7. The summed E-state index contributed by atoms with van der Waals surface area (Å²) in [7, 11) is 0. The van der Waals surface area contributed by atoms with Gasteiger partial charge in [0.1, 0.15) is 0 Å². The Labute approximate surface area is 196 Å². The number of carbonyl (C=O) groups is 1. The first-order valence-electron chi connectivity index (χ1n) is 11.6. The van der Waals surface area contributed by atoms with Gasteiger partial charge in [0.05, 0.1) is 0 Å². The summed E-state index contributed by atoms with van der Waals surface area (Å²) in [6.45, 7) is 5.39. The van der Waals surface area contributed by atoms with Crippen LogP contribution in [0.25, 0.3) is 0 Å². The van der Waals surface area contributed by atoms with Crippen molar-refractivity contribution in [2.24, 2.45) is 0 Å². The van der Waals surface area contributed by atoms with Crippen molar-refractivity contribution in [3.63, 3.8) is 0 Å². The van der Waals surface area contributed by atoms with Crippen molar-refractivity contribution in [3.05, 3.63) is 95.1 Å². The topological polar surface area (TPSA) is 32.3 Å². The fourth-order valence-corrected chi connectivity index (χ4v) is 5.01. The van der Waals surface area contributed by atoms with Gasteiger partial charge in [-0.25, -0.2) is 0 Å². The molecule has 1 saturated heterocycles. The third-order valence-electron chi connectivity index (χ3n) is 6.01. The quantitative estimate of drug-likeness (QED) is 0.402. The molecule has 1 heterocycles. The number of benzene rings is 3. The van der Waals surface area contributed by atoms with E-state index < -0.39 is 0 Å². The highest BCUT2D eigenvalue weighted by molar-refractivity contribution is 7.98. The Hall–Kier alpha value is -2.56. The fraction of sp³-hybridized carbons (Fsp3) is 0.321. The number of thioether (sulfide) groups is 1. The molecule has 3 aromatic rings. The van der Waals surface area contributed by atoms with Crippen molar-refractivity contribution in [3.8, 4) is 0 Å². The van der Waals surface area contributed by atoms with Crippen molar-refractivity contribution in [1.82, 2.24) is 4.90 Å². The first kappa shape index (κ1) is 22.6. The average Bonchev–Trinajstić information content (AvgIpc) is 3.09. The minimum atomic E-state index is -0.0548. The number of likely N-dealkylation sites (tertiary alicyclic amines) is 1. The molecule has 0 unspecified atom stereocenters. The Morgan fingerprint density at radius 1 is 0.875 bits per heavy atom. The monoisotopic (exact) mass is 444 g/mol. The molecule has 166 valence electrons. The molecule has 0 aliphatic carbocycles.